The molecule has 30 heavy (non-hydrogen) atoms. The van der Waals surface area contributed by atoms with Crippen LogP contribution in [0.2, 0.25) is 0 Å². The van der Waals surface area contributed by atoms with E-state index in [1.165, 1.54) is 17.0 Å². The zero-order chi connectivity index (χ0) is 21.1. The Hall–Kier alpha value is -3.53. The molecule has 1 aliphatic rings. The Kier molecular flexibility index (Phi) is 5.57. The minimum atomic E-state index is -1.01. The number of rotatable bonds is 5. The summed E-state index contributed by atoms with van der Waals surface area (Å²) in [6, 6.07) is 14.1. The molecule has 2 atom stereocenters. The van der Waals surface area contributed by atoms with Gasteiger partial charge in [-0.25, -0.2) is 9.78 Å². The number of phenols is 1. The van der Waals surface area contributed by atoms with E-state index in [4.69, 9.17) is 0 Å². The van der Waals surface area contributed by atoms with Gasteiger partial charge >= 0.3 is 6.09 Å². The number of phenolic OH excluding ortho intramolecular Hbond substituents is 1. The second-order valence-electron chi connectivity index (χ2n) is 8.02. The lowest BCUT2D eigenvalue weighted by molar-refractivity contribution is 0.195. The molecule has 0 radical (unpaired) electrons. The third-order valence-corrected chi connectivity index (χ3v) is 5.91. The number of amides is 1. The van der Waals surface area contributed by atoms with Gasteiger partial charge < -0.3 is 14.8 Å². The first-order valence-corrected chi connectivity index (χ1v) is 10.2. The highest BCUT2D eigenvalue weighted by atomic mass is 16.4. The molecule has 1 amide bonds. The van der Waals surface area contributed by atoms with Gasteiger partial charge in [0.05, 0.1) is 34.7 Å². The van der Waals surface area contributed by atoms with Gasteiger partial charge in [-0.05, 0) is 61.4 Å². The van der Waals surface area contributed by atoms with Crippen molar-refractivity contribution in [2.75, 3.05) is 11.4 Å². The molecule has 2 aromatic carbocycles. The Morgan fingerprint density at radius 2 is 2.07 bits per heavy atom. The maximum Gasteiger partial charge on any atom is 0.411 e. The lowest BCUT2D eigenvalue weighted by atomic mass is 9.81. The molecule has 1 aromatic heterocycles. The van der Waals surface area contributed by atoms with Crippen molar-refractivity contribution in [1.29, 1.82) is 5.26 Å². The van der Waals surface area contributed by atoms with Crippen LogP contribution in [0.5, 0.6) is 5.75 Å². The average molecular weight is 404 g/mol. The number of aromatic hydroxyl groups is 1. The fourth-order valence-electron chi connectivity index (χ4n) is 4.50. The van der Waals surface area contributed by atoms with Gasteiger partial charge in [0, 0.05) is 19.2 Å². The van der Waals surface area contributed by atoms with E-state index in [0.29, 0.717) is 23.7 Å². The summed E-state index contributed by atoms with van der Waals surface area (Å²) in [6.07, 6.45) is 4.88. The first kappa shape index (κ1) is 19.8. The number of carboxylic acid groups (broad SMARTS) is 1. The minimum absolute atomic E-state index is 0.0593. The fraction of sp³-hybridized carbons (Fsp3) is 0.348. The third-order valence-electron chi connectivity index (χ3n) is 5.91. The first-order chi connectivity index (χ1) is 14.5. The molecule has 0 bridgehead atoms. The zero-order valence-electron chi connectivity index (χ0n) is 16.6. The second kappa shape index (κ2) is 8.46. The van der Waals surface area contributed by atoms with E-state index in [-0.39, 0.29) is 11.7 Å². The Balaban J connectivity index is 1.47. The molecular weight excluding hydrogens is 380 g/mol. The number of fused-ring (bicyclic) bond motifs is 1. The molecule has 7 heteroatoms. The van der Waals surface area contributed by atoms with Gasteiger partial charge in [-0.1, -0.05) is 12.5 Å². The van der Waals surface area contributed by atoms with Gasteiger partial charge in [0.1, 0.15) is 5.75 Å². The molecule has 0 spiro atoms. The summed E-state index contributed by atoms with van der Waals surface area (Å²) in [4.78, 5) is 17.6. The number of hydrogen-bond acceptors (Lipinski definition) is 4. The van der Waals surface area contributed by atoms with Crippen molar-refractivity contribution in [3.05, 3.63) is 54.4 Å². The summed E-state index contributed by atoms with van der Waals surface area (Å²) in [5, 5.41) is 28.6. The molecule has 4 rings (SSSR count). The normalized spacial score (nSPS) is 18.8. The lowest BCUT2D eigenvalue weighted by Crippen LogP contribution is -2.36. The molecule has 2 N–H and O–H groups in total. The summed E-state index contributed by atoms with van der Waals surface area (Å²) in [6.45, 7) is 1.22. The summed E-state index contributed by atoms with van der Waals surface area (Å²) in [5.41, 5.74) is 2.95. The highest BCUT2D eigenvalue weighted by Crippen LogP contribution is 2.33. The van der Waals surface area contributed by atoms with E-state index in [2.05, 4.69) is 15.6 Å². The third kappa shape index (κ3) is 4.23. The van der Waals surface area contributed by atoms with E-state index in [9.17, 15) is 20.3 Å². The molecule has 154 valence electrons. The van der Waals surface area contributed by atoms with Gasteiger partial charge in [0.2, 0.25) is 0 Å². The van der Waals surface area contributed by atoms with Crippen LogP contribution < -0.4 is 4.90 Å². The highest BCUT2D eigenvalue weighted by Gasteiger charge is 2.27. The van der Waals surface area contributed by atoms with E-state index in [1.807, 2.05) is 18.5 Å². The number of aromatic nitrogens is 2. The maximum atomic E-state index is 11.8. The van der Waals surface area contributed by atoms with Crippen LogP contribution in [0.1, 0.15) is 31.2 Å². The van der Waals surface area contributed by atoms with Crippen LogP contribution in [-0.2, 0) is 6.54 Å². The molecule has 3 aromatic rings. The molecule has 2 unspecified atom stereocenters. The summed E-state index contributed by atoms with van der Waals surface area (Å²) < 4.78 is 2.10. The quantitative estimate of drug-likeness (QED) is 0.647. The molecule has 7 nitrogen and oxygen atoms in total. The smallest absolute Gasteiger partial charge is 0.411 e. The average Bonchev–Trinajstić information content (AvgIpc) is 3.14. The number of nitrogens with zero attached hydrogens (tertiary/aromatic N) is 4. The monoisotopic (exact) mass is 404 g/mol. The largest absolute Gasteiger partial charge is 0.508 e. The van der Waals surface area contributed by atoms with Crippen LogP contribution in [0.25, 0.3) is 11.0 Å². The SMILES string of the molecule is N#Cc1ccc2ncn(CC3CCCC(CN(C(=O)O)c4cccc(O)c4)C3)c2c1. The van der Waals surface area contributed by atoms with Gasteiger partial charge in [-0.3, -0.25) is 4.90 Å². The Morgan fingerprint density at radius 3 is 2.83 bits per heavy atom. The number of anilines is 1. The van der Waals surface area contributed by atoms with Crippen molar-refractivity contribution in [2.45, 2.75) is 32.2 Å². The Bertz CT molecular complexity index is 1100. The van der Waals surface area contributed by atoms with Gasteiger partial charge in [-0.15, -0.1) is 0 Å². The molecular formula is C23H24N4O3. The predicted octanol–water partition coefficient (Wildman–Crippen LogP) is 4.60. The number of benzene rings is 2. The zero-order valence-corrected chi connectivity index (χ0v) is 16.6. The standard InChI is InChI=1S/C23H24N4O3/c24-12-16-7-8-21-22(10-16)26(15-25-21)13-17-3-1-4-18(9-17)14-27(23(29)30)19-5-2-6-20(28)11-19/h2,5-8,10-11,15,17-18,28H,1,3-4,9,13-14H2,(H,29,30). The van der Waals surface area contributed by atoms with Crippen molar-refractivity contribution < 1.29 is 15.0 Å². The number of hydrogen-bond donors (Lipinski definition) is 2. The van der Waals surface area contributed by atoms with Crippen LogP contribution in [0.15, 0.2) is 48.8 Å². The van der Waals surface area contributed by atoms with Crippen LogP contribution >= 0.6 is 0 Å². The summed E-state index contributed by atoms with van der Waals surface area (Å²) in [5.74, 6) is 0.738. The van der Waals surface area contributed by atoms with E-state index in [1.54, 1.807) is 18.2 Å². The predicted molar refractivity (Wildman–Crippen MR) is 113 cm³/mol. The molecule has 1 heterocycles. The van der Waals surface area contributed by atoms with Crippen molar-refractivity contribution in [3.63, 3.8) is 0 Å². The topological polar surface area (TPSA) is 102 Å². The second-order valence-corrected chi connectivity index (χ2v) is 8.02. The number of carbonyl (C=O) groups is 1. The molecule has 0 saturated heterocycles. The van der Waals surface area contributed by atoms with E-state index >= 15 is 0 Å². The highest BCUT2D eigenvalue weighted by molar-refractivity contribution is 5.86. The van der Waals surface area contributed by atoms with E-state index < -0.39 is 6.09 Å². The number of nitriles is 1. The Labute approximate surface area is 174 Å². The van der Waals surface area contributed by atoms with Gasteiger partial charge in [0.15, 0.2) is 0 Å². The van der Waals surface area contributed by atoms with Crippen molar-refractivity contribution in [2.24, 2.45) is 11.8 Å². The fourth-order valence-corrected chi connectivity index (χ4v) is 4.50. The van der Waals surface area contributed by atoms with Crippen LogP contribution in [0.4, 0.5) is 10.5 Å². The van der Waals surface area contributed by atoms with Crippen LogP contribution in [-0.4, -0.2) is 32.4 Å². The van der Waals surface area contributed by atoms with Gasteiger partial charge in [-0.2, -0.15) is 5.26 Å². The lowest BCUT2D eigenvalue weighted by Gasteiger charge is -2.32. The summed E-state index contributed by atoms with van der Waals surface area (Å²) in [7, 11) is 0. The number of imidazole rings is 1. The van der Waals surface area contributed by atoms with Crippen molar-refractivity contribution in [1.82, 2.24) is 9.55 Å². The molecule has 1 saturated carbocycles. The van der Waals surface area contributed by atoms with Crippen molar-refractivity contribution >= 4 is 22.8 Å². The Morgan fingerprint density at radius 1 is 1.23 bits per heavy atom. The molecule has 1 aliphatic carbocycles. The first-order valence-electron chi connectivity index (χ1n) is 10.2. The maximum absolute atomic E-state index is 11.8. The van der Waals surface area contributed by atoms with Crippen molar-refractivity contribution in [3.8, 4) is 11.8 Å². The molecule has 1 fully saturated rings. The van der Waals surface area contributed by atoms with E-state index in [0.717, 1.165) is 43.3 Å². The van der Waals surface area contributed by atoms with Crippen LogP contribution in [0, 0.1) is 23.2 Å². The molecule has 0 aliphatic heterocycles. The minimum Gasteiger partial charge on any atom is -0.508 e. The van der Waals surface area contributed by atoms with Crippen LogP contribution in [0.3, 0.4) is 0 Å². The van der Waals surface area contributed by atoms with Gasteiger partial charge in [0.25, 0.3) is 0 Å². The summed E-state index contributed by atoms with van der Waals surface area (Å²) >= 11 is 0.